The summed E-state index contributed by atoms with van der Waals surface area (Å²) in [4.78, 5) is 14.4. The molecular formula is C20H29N3O2. The number of fused-ring (bicyclic) bond motifs is 1. The van der Waals surface area contributed by atoms with Crippen molar-refractivity contribution in [3.63, 3.8) is 0 Å². The molecule has 1 fully saturated rings. The van der Waals surface area contributed by atoms with Gasteiger partial charge in [0.05, 0.1) is 6.54 Å². The second kappa shape index (κ2) is 8.90. The molecule has 1 saturated heterocycles. The number of para-hydroxylation sites is 1. The topological polar surface area (TPSA) is 57.5 Å². The first-order chi connectivity index (χ1) is 12.2. The maximum atomic E-state index is 11.9. The number of hydrogen-bond acceptors (Lipinski definition) is 3. The van der Waals surface area contributed by atoms with Gasteiger partial charge in [0, 0.05) is 18.0 Å². The maximum absolute atomic E-state index is 11.9. The van der Waals surface area contributed by atoms with E-state index in [1.54, 1.807) is 0 Å². The highest BCUT2D eigenvalue weighted by atomic mass is 16.3. The number of rotatable bonds is 7. The molecule has 0 bridgehead atoms. The van der Waals surface area contributed by atoms with E-state index < -0.39 is 0 Å². The highest BCUT2D eigenvalue weighted by Crippen LogP contribution is 2.18. The SMILES string of the molecule is CC1CCCCN1CCCCNC(=O)NCc1cc2ccccc2o1. The van der Waals surface area contributed by atoms with Crippen molar-refractivity contribution in [2.24, 2.45) is 0 Å². The number of urea groups is 1. The number of benzene rings is 1. The van der Waals surface area contributed by atoms with Crippen LogP contribution in [0, 0.1) is 0 Å². The molecule has 5 heteroatoms. The van der Waals surface area contributed by atoms with Gasteiger partial charge >= 0.3 is 6.03 Å². The first kappa shape index (κ1) is 17.8. The van der Waals surface area contributed by atoms with Gasteiger partial charge in [-0.05, 0) is 57.8 Å². The van der Waals surface area contributed by atoms with Gasteiger partial charge in [0.15, 0.2) is 0 Å². The molecule has 2 amide bonds. The quantitative estimate of drug-likeness (QED) is 0.750. The Hall–Kier alpha value is -2.01. The molecule has 2 heterocycles. The van der Waals surface area contributed by atoms with Crippen molar-refractivity contribution in [1.82, 2.24) is 15.5 Å². The summed E-state index contributed by atoms with van der Waals surface area (Å²) in [7, 11) is 0. The van der Waals surface area contributed by atoms with Crippen LogP contribution in [0.25, 0.3) is 11.0 Å². The fourth-order valence-corrected chi connectivity index (χ4v) is 3.49. The van der Waals surface area contributed by atoms with E-state index in [4.69, 9.17) is 4.42 Å². The van der Waals surface area contributed by atoms with Gasteiger partial charge < -0.3 is 20.0 Å². The molecule has 0 spiro atoms. The van der Waals surface area contributed by atoms with Crippen LogP contribution in [-0.4, -0.2) is 36.6 Å². The number of nitrogens with zero attached hydrogens (tertiary/aromatic N) is 1. The molecule has 1 aliphatic rings. The summed E-state index contributed by atoms with van der Waals surface area (Å²) in [6.07, 6.45) is 6.16. The van der Waals surface area contributed by atoms with E-state index >= 15 is 0 Å². The number of likely N-dealkylation sites (tertiary alicyclic amines) is 1. The predicted octanol–water partition coefficient (Wildman–Crippen LogP) is 3.89. The van der Waals surface area contributed by atoms with E-state index in [2.05, 4.69) is 22.5 Å². The van der Waals surface area contributed by atoms with E-state index in [0.717, 1.165) is 36.1 Å². The van der Waals surface area contributed by atoms with E-state index in [1.165, 1.54) is 25.8 Å². The Morgan fingerprint density at radius 2 is 2.12 bits per heavy atom. The number of furan rings is 1. The van der Waals surface area contributed by atoms with Crippen LogP contribution < -0.4 is 10.6 Å². The summed E-state index contributed by atoms with van der Waals surface area (Å²) >= 11 is 0. The van der Waals surface area contributed by atoms with Crippen LogP contribution in [0.4, 0.5) is 4.79 Å². The zero-order valence-corrected chi connectivity index (χ0v) is 15.1. The van der Waals surface area contributed by atoms with E-state index in [-0.39, 0.29) is 6.03 Å². The number of carbonyl (C=O) groups excluding carboxylic acids is 1. The van der Waals surface area contributed by atoms with Crippen LogP contribution in [0.1, 0.15) is 44.8 Å². The fourth-order valence-electron chi connectivity index (χ4n) is 3.49. The molecule has 2 aromatic rings. The molecule has 136 valence electrons. The van der Waals surface area contributed by atoms with Gasteiger partial charge in [-0.25, -0.2) is 4.79 Å². The zero-order chi connectivity index (χ0) is 17.5. The van der Waals surface area contributed by atoms with Crippen molar-refractivity contribution in [2.45, 2.75) is 51.6 Å². The number of hydrogen-bond donors (Lipinski definition) is 2. The van der Waals surface area contributed by atoms with Gasteiger partial charge in [-0.3, -0.25) is 0 Å². The zero-order valence-electron chi connectivity index (χ0n) is 15.1. The van der Waals surface area contributed by atoms with E-state index in [9.17, 15) is 4.79 Å². The third-order valence-corrected chi connectivity index (χ3v) is 5.00. The molecule has 0 aliphatic carbocycles. The van der Waals surface area contributed by atoms with Crippen LogP contribution in [0.3, 0.4) is 0 Å². The first-order valence-electron chi connectivity index (χ1n) is 9.45. The van der Waals surface area contributed by atoms with Gasteiger partial charge in [-0.15, -0.1) is 0 Å². The van der Waals surface area contributed by atoms with E-state index in [1.807, 2.05) is 30.3 Å². The fraction of sp³-hybridized carbons (Fsp3) is 0.550. The molecule has 1 aromatic heterocycles. The molecule has 1 aromatic carbocycles. The molecule has 0 radical (unpaired) electrons. The molecule has 2 N–H and O–H groups in total. The number of piperidine rings is 1. The van der Waals surface area contributed by atoms with Crippen LogP contribution >= 0.6 is 0 Å². The Kier molecular flexibility index (Phi) is 6.34. The molecule has 1 atom stereocenters. The van der Waals surface area contributed by atoms with Crippen molar-refractivity contribution in [3.8, 4) is 0 Å². The van der Waals surface area contributed by atoms with Crippen LogP contribution in [-0.2, 0) is 6.54 Å². The monoisotopic (exact) mass is 343 g/mol. The van der Waals surface area contributed by atoms with Crippen molar-refractivity contribution in [1.29, 1.82) is 0 Å². The van der Waals surface area contributed by atoms with Gasteiger partial charge in [0.1, 0.15) is 11.3 Å². The van der Waals surface area contributed by atoms with Crippen molar-refractivity contribution in [2.75, 3.05) is 19.6 Å². The molecular weight excluding hydrogens is 314 g/mol. The third kappa shape index (κ3) is 5.23. The smallest absolute Gasteiger partial charge is 0.315 e. The highest BCUT2D eigenvalue weighted by molar-refractivity contribution is 5.78. The van der Waals surface area contributed by atoms with Crippen molar-refractivity contribution < 1.29 is 9.21 Å². The molecule has 25 heavy (non-hydrogen) atoms. The molecule has 3 rings (SSSR count). The minimum absolute atomic E-state index is 0.133. The number of carbonyl (C=O) groups is 1. The number of nitrogens with one attached hydrogen (secondary N) is 2. The van der Waals surface area contributed by atoms with Crippen molar-refractivity contribution >= 4 is 17.0 Å². The molecule has 1 aliphatic heterocycles. The Morgan fingerprint density at radius 1 is 1.24 bits per heavy atom. The Labute approximate surface area is 149 Å². The van der Waals surface area contributed by atoms with Gasteiger partial charge in [-0.2, -0.15) is 0 Å². The normalized spacial score (nSPS) is 18.4. The van der Waals surface area contributed by atoms with Crippen LogP contribution in [0.5, 0.6) is 0 Å². The van der Waals surface area contributed by atoms with Crippen LogP contribution in [0.2, 0.25) is 0 Å². The molecule has 1 unspecified atom stereocenters. The van der Waals surface area contributed by atoms with Gasteiger partial charge in [0.2, 0.25) is 0 Å². The minimum Gasteiger partial charge on any atom is -0.459 e. The Bertz CT molecular complexity index is 649. The first-order valence-corrected chi connectivity index (χ1v) is 9.45. The third-order valence-electron chi connectivity index (χ3n) is 5.00. The Morgan fingerprint density at radius 3 is 2.96 bits per heavy atom. The average Bonchev–Trinajstić information content (AvgIpc) is 3.04. The van der Waals surface area contributed by atoms with Crippen LogP contribution in [0.15, 0.2) is 34.7 Å². The maximum Gasteiger partial charge on any atom is 0.315 e. The van der Waals surface area contributed by atoms with Gasteiger partial charge in [-0.1, -0.05) is 24.6 Å². The summed E-state index contributed by atoms with van der Waals surface area (Å²) in [5, 5.41) is 6.84. The lowest BCUT2D eigenvalue weighted by molar-refractivity contribution is 0.158. The summed E-state index contributed by atoms with van der Waals surface area (Å²) in [6.45, 7) is 5.82. The number of unbranched alkanes of at least 4 members (excludes halogenated alkanes) is 1. The number of amides is 2. The summed E-state index contributed by atoms with van der Waals surface area (Å²) in [5.41, 5.74) is 0.853. The lowest BCUT2D eigenvalue weighted by Gasteiger charge is -2.33. The van der Waals surface area contributed by atoms with Gasteiger partial charge in [0.25, 0.3) is 0 Å². The lowest BCUT2D eigenvalue weighted by Crippen LogP contribution is -2.38. The predicted molar refractivity (Wildman–Crippen MR) is 101 cm³/mol. The largest absolute Gasteiger partial charge is 0.459 e. The lowest BCUT2D eigenvalue weighted by atomic mass is 10.0. The Balaban J connectivity index is 1.29. The summed E-state index contributed by atoms with van der Waals surface area (Å²) < 4.78 is 5.69. The molecule has 5 nitrogen and oxygen atoms in total. The second-order valence-corrected chi connectivity index (χ2v) is 6.95. The summed E-state index contributed by atoms with van der Waals surface area (Å²) in [6, 6.07) is 10.4. The standard InChI is InChI=1S/C20H29N3O2/c1-16-8-4-6-12-23(16)13-7-5-11-21-20(24)22-15-18-14-17-9-2-3-10-19(17)25-18/h2-3,9-10,14,16H,4-8,11-13,15H2,1H3,(H2,21,22,24). The average molecular weight is 343 g/mol. The van der Waals surface area contributed by atoms with E-state index in [0.29, 0.717) is 19.1 Å². The second-order valence-electron chi connectivity index (χ2n) is 6.95. The summed E-state index contributed by atoms with van der Waals surface area (Å²) in [5.74, 6) is 0.774. The highest BCUT2D eigenvalue weighted by Gasteiger charge is 2.17. The molecule has 0 saturated carbocycles. The van der Waals surface area contributed by atoms with Crippen molar-refractivity contribution in [3.05, 3.63) is 36.1 Å². The minimum atomic E-state index is -0.133.